The number of methoxy groups -OCH3 is 1. The molecule has 2 heterocycles. The molecule has 0 spiro atoms. The zero-order valence-electron chi connectivity index (χ0n) is 14.2. The van der Waals surface area contributed by atoms with E-state index >= 15 is 0 Å². The van der Waals surface area contributed by atoms with Crippen molar-refractivity contribution in [1.82, 2.24) is 20.0 Å². The maximum absolute atomic E-state index is 11.7. The predicted molar refractivity (Wildman–Crippen MR) is 88.0 cm³/mol. The molecule has 0 radical (unpaired) electrons. The molecular formula is C16H32N4O2. The highest BCUT2D eigenvalue weighted by Gasteiger charge is 2.20. The van der Waals surface area contributed by atoms with Gasteiger partial charge in [0, 0.05) is 45.8 Å². The Balaban J connectivity index is 1.76. The number of esters is 1. The fourth-order valence-electron chi connectivity index (χ4n) is 3.28. The highest BCUT2D eigenvalue weighted by atomic mass is 16.5. The molecule has 0 amide bonds. The summed E-state index contributed by atoms with van der Waals surface area (Å²) in [6, 6.07) is 0. The van der Waals surface area contributed by atoms with E-state index in [-0.39, 0.29) is 5.97 Å². The van der Waals surface area contributed by atoms with Gasteiger partial charge in [0.25, 0.3) is 0 Å². The molecule has 6 heteroatoms. The highest BCUT2D eigenvalue weighted by Crippen LogP contribution is 2.12. The summed E-state index contributed by atoms with van der Waals surface area (Å²) in [7, 11) is 3.65. The first kappa shape index (κ1) is 17.7. The summed E-state index contributed by atoms with van der Waals surface area (Å²) in [5, 5.41) is 3.46. The van der Waals surface area contributed by atoms with E-state index in [1.807, 2.05) is 0 Å². The maximum Gasteiger partial charge on any atom is 0.319 e. The first-order valence-corrected chi connectivity index (χ1v) is 8.58. The lowest BCUT2D eigenvalue weighted by atomic mass is 9.99. The standard InChI is InChI=1S/C16H32N4O2/c1-18-6-8-19(9-7-18)10-11-20(14-16(21)22-2)13-15-4-3-5-17-12-15/h15,17H,3-14H2,1-2H3. The molecule has 2 aliphatic rings. The van der Waals surface area contributed by atoms with Crippen LogP contribution in [0.4, 0.5) is 0 Å². The van der Waals surface area contributed by atoms with Crippen molar-refractivity contribution < 1.29 is 9.53 Å². The molecule has 2 saturated heterocycles. The number of hydrogen-bond acceptors (Lipinski definition) is 6. The summed E-state index contributed by atoms with van der Waals surface area (Å²) in [5.74, 6) is 0.535. The van der Waals surface area contributed by atoms with E-state index in [4.69, 9.17) is 4.74 Å². The second-order valence-corrected chi connectivity index (χ2v) is 6.67. The van der Waals surface area contributed by atoms with Gasteiger partial charge < -0.3 is 15.0 Å². The van der Waals surface area contributed by atoms with Crippen LogP contribution in [0.5, 0.6) is 0 Å². The topological polar surface area (TPSA) is 48.1 Å². The minimum atomic E-state index is -0.123. The van der Waals surface area contributed by atoms with Gasteiger partial charge in [-0.25, -0.2) is 0 Å². The number of ether oxygens (including phenoxy) is 1. The van der Waals surface area contributed by atoms with Gasteiger partial charge in [-0.15, -0.1) is 0 Å². The molecule has 1 N–H and O–H groups in total. The lowest BCUT2D eigenvalue weighted by Gasteiger charge is -2.35. The molecule has 22 heavy (non-hydrogen) atoms. The number of hydrogen-bond donors (Lipinski definition) is 1. The molecule has 0 saturated carbocycles. The molecule has 6 nitrogen and oxygen atoms in total. The second kappa shape index (κ2) is 9.45. The Kier molecular flexibility index (Phi) is 7.59. The monoisotopic (exact) mass is 312 g/mol. The first-order valence-electron chi connectivity index (χ1n) is 8.58. The molecule has 1 unspecified atom stereocenters. The van der Waals surface area contributed by atoms with Crippen LogP contribution in [0.1, 0.15) is 12.8 Å². The zero-order chi connectivity index (χ0) is 15.8. The molecule has 2 fully saturated rings. The van der Waals surface area contributed by atoms with Crippen LogP contribution in [0.2, 0.25) is 0 Å². The number of carbonyl (C=O) groups excluding carboxylic acids is 1. The van der Waals surface area contributed by atoms with Gasteiger partial charge in [0.15, 0.2) is 0 Å². The number of piperazine rings is 1. The molecule has 2 rings (SSSR count). The number of rotatable bonds is 7. The molecule has 0 bridgehead atoms. The van der Waals surface area contributed by atoms with Crippen LogP contribution >= 0.6 is 0 Å². The van der Waals surface area contributed by atoms with Gasteiger partial charge in [0.1, 0.15) is 0 Å². The van der Waals surface area contributed by atoms with E-state index in [0.717, 1.165) is 58.9 Å². The molecule has 0 aromatic rings. The van der Waals surface area contributed by atoms with Crippen molar-refractivity contribution in [1.29, 1.82) is 0 Å². The van der Waals surface area contributed by atoms with Crippen LogP contribution < -0.4 is 5.32 Å². The molecule has 0 aromatic carbocycles. The Hall–Kier alpha value is -0.690. The fourth-order valence-corrected chi connectivity index (χ4v) is 3.28. The van der Waals surface area contributed by atoms with Crippen LogP contribution in [0, 0.1) is 5.92 Å². The second-order valence-electron chi connectivity index (χ2n) is 6.67. The van der Waals surface area contributed by atoms with E-state index in [9.17, 15) is 4.79 Å². The van der Waals surface area contributed by atoms with Crippen molar-refractivity contribution >= 4 is 5.97 Å². The van der Waals surface area contributed by atoms with Crippen molar-refractivity contribution in [2.45, 2.75) is 12.8 Å². The van der Waals surface area contributed by atoms with Crippen LogP contribution in [0.25, 0.3) is 0 Å². The average Bonchev–Trinajstić information content (AvgIpc) is 2.55. The van der Waals surface area contributed by atoms with Gasteiger partial charge in [0.05, 0.1) is 13.7 Å². The van der Waals surface area contributed by atoms with Crippen LogP contribution in [0.3, 0.4) is 0 Å². The quantitative estimate of drug-likeness (QED) is 0.652. The minimum absolute atomic E-state index is 0.123. The number of nitrogens with one attached hydrogen (secondary N) is 1. The lowest BCUT2D eigenvalue weighted by Crippen LogP contribution is -2.48. The van der Waals surface area contributed by atoms with E-state index in [1.165, 1.54) is 20.0 Å². The largest absolute Gasteiger partial charge is 0.468 e. The van der Waals surface area contributed by atoms with E-state index in [2.05, 4.69) is 27.1 Å². The molecule has 128 valence electrons. The third-order valence-electron chi connectivity index (χ3n) is 4.82. The molecule has 0 aliphatic carbocycles. The SMILES string of the molecule is COC(=O)CN(CCN1CCN(C)CC1)CC1CCCNC1. The number of nitrogens with zero attached hydrogens (tertiary/aromatic N) is 3. The van der Waals surface area contributed by atoms with Gasteiger partial charge >= 0.3 is 5.97 Å². The summed E-state index contributed by atoms with van der Waals surface area (Å²) >= 11 is 0. The van der Waals surface area contributed by atoms with Crippen molar-refractivity contribution in [3.8, 4) is 0 Å². The Morgan fingerprint density at radius 2 is 2.09 bits per heavy atom. The Bertz CT molecular complexity index is 326. The summed E-state index contributed by atoms with van der Waals surface area (Å²) < 4.78 is 4.86. The van der Waals surface area contributed by atoms with Gasteiger partial charge in [-0.3, -0.25) is 14.6 Å². The predicted octanol–water partition coefficient (Wildman–Crippen LogP) is -0.292. The van der Waals surface area contributed by atoms with Gasteiger partial charge in [-0.2, -0.15) is 0 Å². The highest BCUT2D eigenvalue weighted by molar-refractivity contribution is 5.71. The average molecular weight is 312 g/mol. The van der Waals surface area contributed by atoms with Crippen molar-refractivity contribution in [2.75, 3.05) is 79.6 Å². The zero-order valence-corrected chi connectivity index (χ0v) is 14.2. The van der Waals surface area contributed by atoms with Crippen LogP contribution in [-0.2, 0) is 9.53 Å². The third-order valence-corrected chi connectivity index (χ3v) is 4.82. The lowest BCUT2D eigenvalue weighted by molar-refractivity contribution is -0.142. The third kappa shape index (κ3) is 6.20. The summed E-state index contributed by atoms with van der Waals surface area (Å²) in [5.41, 5.74) is 0. The summed E-state index contributed by atoms with van der Waals surface area (Å²) in [4.78, 5) is 18.8. The van der Waals surface area contributed by atoms with Crippen molar-refractivity contribution in [3.63, 3.8) is 0 Å². The molecule has 1 atom stereocenters. The van der Waals surface area contributed by atoms with E-state index in [0.29, 0.717) is 12.5 Å². The van der Waals surface area contributed by atoms with E-state index < -0.39 is 0 Å². The van der Waals surface area contributed by atoms with Crippen molar-refractivity contribution in [2.24, 2.45) is 5.92 Å². The normalized spacial score (nSPS) is 24.6. The molecule has 0 aromatic heterocycles. The Labute approximate surface area is 134 Å². The number of likely N-dealkylation sites (N-methyl/N-ethyl adjacent to an activating group) is 1. The number of piperidine rings is 1. The van der Waals surface area contributed by atoms with Gasteiger partial charge in [0.2, 0.25) is 0 Å². The van der Waals surface area contributed by atoms with Crippen molar-refractivity contribution in [3.05, 3.63) is 0 Å². The Morgan fingerprint density at radius 3 is 2.73 bits per heavy atom. The number of carbonyl (C=O) groups is 1. The van der Waals surface area contributed by atoms with Gasteiger partial charge in [-0.1, -0.05) is 0 Å². The summed E-state index contributed by atoms with van der Waals surface area (Å²) in [6.45, 7) is 10.2. The maximum atomic E-state index is 11.7. The molecular weight excluding hydrogens is 280 g/mol. The molecule has 2 aliphatic heterocycles. The fraction of sp³-hybridized carbons (Fsp3) is 0.938. The van der Waals surface area contributed by atoms with Gasteiger partial charge in [-0.05, 0) is 38.9 Å². The van der Waals surface area contributed by atoms with Crippen LogP contribution in [-0.4, -0.2) is 100 Å². The first-order chi connectivity index (χ1) is 10.7. The summed E-state index contributed by atoms with van der Waals surface area (Å²) in [6.07, 6.45) is 2.51. The minimum Gasteiger partial charge on any atom is -0.468 e. The van der Waals surface area contributed by atoms with Crippen LogP contribution in [0.15, 0.2) is 0 Å². The van der Waals surface area contributed by atoms with E-state index in [1.54, 1.807) is 0 Å². The smallest absolute Gasteiger partial charge is 0.319 e. The Morgan fingerprint density at radius 1 is 1.32 bits per heavy atom.